The Morgan fingerprint density at radius 2 is 1.81 bits per heavy atom. The summed E-state index contributed by atoms with van der Waals surface area (Å²) >= 11 is 1.25. The zero-order chi connectivity index (χ0) is 18.5. The first-order valence-corrected chi connectivity index (χ1v) is 8.64. The summed E-state index contributed by atoms with van der Waals surface area (Å²) in [5, 5.41) is 14.5. The molecule has 2 aromatic carbocycles. The first-order chi connectivity index (χ1) is 12.5. The largest absolute Gasteiger partial charge is 0.366 e. The number of para-hydroxylation sites is 1. The molecule has 0 saturated carbocycles. The van der Waals surface area contributed by atoms with Crippen LogP contribution in [-0.2, 0) is 4.79 Å². The van der Waals surface area contributed by atoms with Gasteiger partial charge < -0.3 is 11.1 Å². The molecular weight excluding hydrogens is 352 g/mol. The summed E-state index contributed by atoms with van der Waals surface area (Å²) in [7, 11) is 0. The van der Waals surface area contributed by atoms with Crippen LogP contribution in [0.25, 0.3) is 5.69 Å². The molecule has 0 fully saturated rings. The number of nitrogens with zero attached hydrogens (tertiary/aromatic N) is 4. The van der Waals surface area contributed by atoms with Gasteiger partial charge in [0.15, 0.2) is 0 Å². The standard InChI is InChI=1S/C17H16N6O2S/c1-11(16(25)19-13-9-7-12(8-10-13)15(18)24)26-17-20-21-22-23(17)14-5-3-2-4-6-14/h2-11H,1H3,(H2,18,24)(H,19,25). The lowest BCUT2D eigenvalue weighted by atomic mass is 10.2. The number of hydrogen-bond acceptors (Lipinski definition) is 6. The number of hydrogen-bond donors (Lipinski definition) is 2. The van der Waals surface area contributed by atoms with E-state index >= 15 is 0 Å². The average Bonchev–Trinajstić information content (AvgIpc) is 3.11. The summed E-state index contributed by atoms with van der Waals surface area (Å²) in [5.74, 6) is -0.719. The van der Waals surface area contributed by atoms with Gasteiger partial charge in [-0.2, -0.15) is 4.68 Å². The zero-order valence-electron chi connectivity index (χ0n) is 13.9. The highest BCUT2D eigenvalue weighted by atomic mass is 32.2. The summed E-state index contributed by atoms with van der Waals surface area (Å²) in [4.78, 5) is 23.5. The molecule has 0 spiro atoms. The molecule has 2 amide bonds. The summed E-state index contributed by atoms with van der Waals surface area (Å²) in [5.41, 5.74) is 6.98. The minimum atomic E-state index is -0.514. The van der Waals surface area contributed by atoms with Crippen LogP contribution in [0.3, 0.4) is 0 Å². The number of carbonyl (C=O) groups is 2. The van der Waals surface area contributed by atoms with Crippen LogP contribution < -0.4 is 11.1 Å². The van der Waals surface area contributed by atoms with Crippen molar-refractivity contribution in [2.45, 2.75) is 17.3 Å². The Kier molecular flexibility index (Phi) is 5.28. The first kappa shape index (κ1) is 17.6. The molecule has 132 valence electrons. The summed E-state index contributed by atoms with van der Waals surface area (Å²) in [6.45, 7) is 1.77. The van der Waals surface area contributed by atoms with Gasteiger partial charge in [-0.1, -0.05) is 30.0 Å². The Hall–Kier alpha value is -3.20. The number of nitrogens with two attached hydrogens (primary N) is 1. The molecule has 8 nitrogen and oxygen atoms in total. The van der Waals surface area contributed by atoms with Crippen LogP contribution in [0.2, 0.25) is 0 Å². The molecule has 9 heteroatoms. The second-order valence-electron chi connectivity index (χ2n) is 5.40. The van der Waals surface area contributed by atoms with E-state index in [2.05, 4.69) is 20.8 Å². The van der Waals surface area contributed by atoms with Crippen LogP contribution in [0.15, 0.2) is 59.8 Å². The maximum absolute atomic E-state index is 12.4. The number of rotatable bonds is 6. The van der Waals surface area contributed by atoms with E-state index in [9.17, 15) is 9.59 Å². The number of tetrazole rings is 1. The van der Waals surface area contributed by atoms with Gasteiger partial charge in [0.1, 0.15) is 0 Å². The third kappa shape index (κ3) is 4.06. The second kappa shape index (κ2) is 7.79. The smallest absolute Gasteiger partial charge is 0.248 e. The highest BCUT2D eigenvalue weighted by Gasteiger charge is 2.19. The lowest BCUT2D eigenvalue weighted by molar-refractivity contribution is -0.115. The van der Waals surface area contributed by atoms with E-state index in [-0.39, 0.29) is 5.91 Å². The van der Waals surface area contributed by atoms with Crippen LogP contribution >= 0.6 is 11.8 Å². The maximum Gasteiger partial charge on any atom is 0.248 e. The molecule has 0 aliphatic rings. The predicted octanol–water partition coefficient (Wildman–Crippen LogP) is 1.88. The fourth-order valence-corrected chi connectivity index (χ4v) is 2.96. The minimum absolute atomic E-state index is 0.204. The second-order valence-corrected chi connectivity index (χ2v) is 6.71. The van der Waals surface area contributed by atoms with Crippen molar-refractivity contribution in [2.24, 2.45) is 5.73 Å². The van der Waals surface area contributed by atoms with E-state index in [4.69, 9.17) is 5.73 Å². The third-order valence-corrected chi connectivity index (χ3v) is 4.56. The lowest BCUT2D eigenvalue weighted by Gasteiger charge is -2.12. The number of thioether (sulfide) groups is 1. The summed E-state index contributed by atoms with van der Waals surface area (Å²) in [6, 6.07) is 15.8. The summed E-state index contributed by atoms with van der Waals surface area (Å²) < 4.78 is 1.58. The lowest BCUT2D eigenvalue weighted by Crippen LogP contribution is -2.23. The number of primary amides is 1. The van der Waals surface area contributed by atoms with Crippen molar-refractivity contribution in [3.63, 3.8) is 0 Å². The van der Waals surface area contributed by atoms with Crippen molar-refractivity contribution < 1.29 is 9.59 Å². The first-order valence-electron chi connectivity index (χ1n) is 7.76. The van der Waals surface area contributed by atoms with E-state index in [0.717, 1.165) is 5.69 Å². The van der Waals surface area contributed by atoms with Crippen molar-refractivity contribution >= 4 is 29.3 Å². The molecule has 0 saturated heterocycles. The fourth-order valence-electron chi connectivity index (χ4n) is 2.16. The summed E-state index contributed by atoms with van der Waals surface area (Å²) in [6.07, 6.45) is 0. The molecule has 0 bridgehead atoms. The monoisotopic (exact) mass is 368 g/mol. The number of aromatic nitrogens is 4. The Balaban J connectivity index is 1.67. The molecule has 1 unspecified atom stereocenters. The molecule has 1 heterocycles. The van der Waals surface area contributed by atoms with Gasteiger partial charge in [-0.25, -0.2) is 0 Å². The van der Waals surface area contributed by atoms with Gasteiger partial charge in [-0.15, -0.1) is 5.10 Å². The molecule has 1 atom stereocenters. The van der Waals surface area contributed by atoms with Crippen molar-refractivity contribution in [3.05, 3.63) is 60.2 Å². The van der Waals surface area contributed by atoms with E-state index < -0.39 is 11.2 Å². The molecule has 0 radical (unpaired) electrons. The zero-order valence-corrected chi connectivity index (χ0v) is 14.7. The van der Waals surface area contributed by atoms with Gasteiger partial charge in [0.25, 0.3) is 0 Å². The topological polar surface area (TPSA) is 116 Å². The van der Waals surface area contributed by atoms with Crippen LogP contribution in [0.1, 0.15) is 17.3 Å². The third-order valence-electron chi connectivity index (χ3n) is 3.53. The van der Waals surface area contributed by atoms with Crippen LogP contribution in [0, 0.1) is 0 Å². The van der Waals surface area contributed by atoms with Gasteiger partial charge in [0.2, 0.25) is 17.0 Å². The van der Waals surface area contributed by atoms with Gasteiger partial charge in [-0.05, 0) is 53.7 Å². The highest BCUT2D eigenvalue weighted by molar-refractivity contribution is 8.00. The number of anilines is 1. The van der Waals surface area contributed by atoms with Crippen molar-refractivity contribution in [2.75, 3.05) is 5.32 Å². The molecule has 1 aromatic heterocycles. The Labute approximate surface area is 153 Å². The van der Waals surface area contributed by atoms with Gasteiger partial charge >= 0.3 is 0 Å². The van der Waals surface area contributed by atoms with Crippen molar-refractivity contribution in [1.82, 2.24) is 20.2 Å². The molecule has 26 heavy (non-hydrogen) atoms. The normalized spacial score (nSPS) is 11.7. The Bertz CT molecular complexity index is 911. The molecule has 0 aliphatic carbocycles. The molecule has 3 aromatic rings. The number of nitrogens with one attached hydrogen (secondary N) is 1. The van der Waals surface area contributed by atoms with Crippen LogP contribution in [0.4, 0.5) is 5.69 Å². The maximum atomic E-state index is 12.4. The van der Waals surface area contributed by atoms with Crippen molar-refractivity contribution in [3.8, 4) is 5.69 Å². The van der Waals surface area contributed by atoms with Gasteiger partial charge in [0.05, 0.1) is 10.9 Å². The van der Waals surface area contributed by atoms with Crippen LogP contribution in [-0.4, -0.2) is 37.3 Å². The molecule has 3 rings (SSSR count). The molecule has 0 aliphatic heterocycles. The van der Waals surface area contributed by atoms with Crippen molar-refractivity contribution in [1.29, 1.82) is 0 Å². The fraction of sp³-hybridized carbons (Fsp3) is 0.118. The Morgan fingerprint density at radius 3 is 2.46 bits per heavy atom. The molecular formula is C17H16N6O2S. The number of benzene rings is 2. The quantitative estimate of drug-likeness (QED) is 0.642. The minimum Gasteiger partial charge on any atom is -0.366 e. The highest BCUT2D eigenvalue weighted by Crippen LogP contribution is 2.23. The average molecular weight is 368 g/mol. The van der Waals surface area contributed by atoms with Gasteiger partial charge in [-0.3, -0.25) is 9.59 Å². The SMILES string of the molecule is CC(Sc1nnnn1-c1ccccc1)C(=O)Nc1ccc(C(N)=O)cc1. The molecule has 3 N–H and O–H groups in total. The number of amides is 2. The Morgan fingerprint density at radius 1 is 1.12 bits per heavy atom. The number of carbonyl (C=O) groups excluding carboxylic acids is 2. The predicted molar refractivity (Wildman–Crippen MR) is 98.1 cm³/mol. The van der Waals surface area contributed by atoms with E-state index in [1.165, 1.54) is 11.8 Å². The van der Waals surface area contributed by atoms with Crippen LogP contribution in [0.5, 0.6) is 0 Å². The van der Waals surface area contributed by atoms with E-state index in [1.54, 1.807) is 35.9 Å². The van der Waals surface area contributed by atoms with Gasteiger partial charge in [0, 0.05) is 11.3 Å². The van der Waals surface area contributed by atoms with E-state index in [1.807, 2.05) is 30.3 Å². The van der Waals surface area contributed by atoms with E-state index in [0.29, 0.717) is 16.4 Å².